The molecule has 0 aromatic rings. The number of hydrogen-bond donors (Lipinski definition) is 1. The lowest BCUT2D eigenvalue weighted by atomic mass is 10.0. The second kappa shape index (κ2) is 19.3. The van der Waals surface area contributed by atoms with E-state index in [0.29, 0.717) is 0 Å². The van der Waals surface area contributed by atoms with Crippen LogP contribution in [0, 0.1) is 0 Å². The summed E-state index contributed by atoms with van der Waals surface area (Å²) < 4.78 is 5.42. The average molecular weight is 453 g/mol. The molecule has 0 spiro atoms. The molecular formula is C20H40INO2. The highest BCUT2D eigenvalue weighted by atomic mass is 127. The highest BCUT2D eigenvalue weighted by molar-refractivity contribution is 14.1. The van der Waals surface area contributed by atoms with Crippen molar-refractivity contribution in [1.82, 2.24) is 5.32 Å². The molecular weight excluding hydrogens is 413 g/mol. The van der Waals surface area contributed by atoms with Crippen molar-refractivity contribution in [2.75, 3.05) is 13.7 Å². The van der Waals surface area contributed by atoms with Gasteiger partial charge >= 0.3 is 6.09 Å². The third-order valence-electron chi connectivity index (χ3n) is 4.52. The number of methoxy groups -OCH3 is 1. The Bertz CT molecular complexity index is 274. The molecule has 24 heavy (non-hydrogen) atoms. The predicted octanol–water partition coefficient (Wildman–Crippen LogP) is 7.02. The van der Waals surface area contributed by atoms with Gasteiger partial charge in [-0.05, 0) is 19.3 Å². The van der Waals surface area contributed by atoms with Gasteiger partial charge in [-0.15, -0.1) is 0 Å². The van der Waals surface area contributed by atoms with Crippen molar-refractivity contribution in [2.24, 2.45) is 0 Å². The first kappa shape index (κ1) is 24.0. The number of carbonyl (C=O) groups excluding carboxylic acids is 1. The summed E-state index contributed by atoms with van der Waals surface area (Å²) >= 11 is 2.65. The van der Waals surface area contributed by atoms with Crippen LogP contribution in [0.1, 0.15) is 103 Å². The van der Waals surface area contributed by atoms with Crippen LogP contribution >= 0.6 is 22.6 Å². The Morgan fingerprint density at radius 2 is 1.29 bits per heavy atom. The Labute approximate surface area is 164 Å². The van der Waals surface area contributed by atoms with E-state index in [1.165, 1.54) is 97.0 Å². The number of ether oxygens (including phenoxy) is 1. The number of alkyl halides is 1. The Kier molecular flexibility index (Phi) is 19.3. The Morgan fingerprint density at radius 3 is 1.79 bits per heavy atom. The number of rotatable bonds is 17. The molecule has 0 aliphatic rings. The quantitative estimate of drug-likeness (QED) is 0.146. The lowest BCUT2D eigenvalue weighted by Gasteiger charge is -2.09. The van der Waals surface area contributed by atoms with E-state index in [1.54, 1.807) is 0 Å². The fraction of sp³-hybridized carbons (Fsp3) is 0.950. The van der Waals surface area contributed by atoms with E-state index in [9.17, 15) is 4.79 Å². The van der Waals surface area contributed by atoms with E-state index in [1.807, 2.05) is 0 Å². The molecule has 0 rings (SSSR count). The van der Waals surface area contributed by atoms with Crippen LogP contribution in [0.5, 0.6) is 0 Å². The summed E-state index contributed by atoms with van der Waals surface area (Å²) in [5, 5.41) is 2.73. The largest absolute Gasteiger partial charge is 0.453 e. The second-order valence-electron chi connectivity index (χ2n) is 6.84. The molecule has 1 N–H and O–H groups in total. The van der Waals surface area contributed by atoms with E-state index in [0.717, 1.165) is 16.9 Å². The number of unbranched alkanes of at least 4 members (excludes halogenated alkanes) is 11. The molecule has 0 heterocycles. The van der Waals surface area contributed by atoms with Gasteiger partial charge in [-0.1, -0.05) is 107 Å². The molecule has 0 saturated carbocycles. The molecule has 0 fully saturated rings. The summed E-state index contributed by atoms with van der Waals surface area (Å²) in [5.41, 5.74) is 0. The number of alkyl carbamates (subject to hydrolysis) is 1. The maximum Gasteiger partial charge on any atom is 0.406 e. The monoisotopic (exact) mass is 453 g/mol. The van der Waals surface area contributed by atoms with Gasteiger partial charge < -0.3 is 10.1 Å². The van der Waals surface area contributed by atoms with E-state index >= 15 is 0 Å². The maximum atomic E-state index is 10.9. The molecule has 1 atom stereocenters. The second-order valence-corrected chi connectivity index (χ2v) is 8.60. The first-order chi connectivity index (χ1) is 11.7. The Morgan fingerprint density at radius 1 is 0.833 bits per heavy atom. The van der Waals surface area contributed by atoms with E-state index in [4.69, 9.17) is 0 Å². The average Bonchev–Trinajstić information content (AvgIpc) is 2.59. The normalized spacial score (nSPS) is 12.1. The Balaban J connectivity index is 3.17. The molecule has 0 radical (unpaired) electrons. The highest BCUT2D eigenvalue weighted by Crippen LogP contribution is 2.20. The lowest BCUT2D eigenvalue weighted by molar-refractivity contribution is 0.171. The summed E-state index contributed by atoms with van der Waals surface area (Å²) in [5.74, 6) is 0. The molecule has 0 aliphatic carbocycles. The van der Waals surface area contributed by atoms with E-state index in [-0.39, 0.29) is 6.09 Å². The standard InChI is InChI=1S/C20H40INO2/c1-3-4-5-6-7-10-13-16-19(21)17-14-11-8-9-12-15-18-22-20(23)24-2/h19H,3-18H2,1-2H3,(H,22,23). The summed E-state index contributed by atoms with van der Waals surface area (Å²) in [7, 11) is 1.41. The van der Waals surface area contributed by atoms with Gasteiger partial charge in [0.25, 0.3) is 0 Å². The van der Waals surface area contributed by atoms with E-state index in [2.05, 4.69) is 39.6 Å². The van der Waals surface area contributed by atoms with Crippen molar-refractivity contribution in [3.8, 4) is 0 Å². The molecule has 0 aromatic heterocycles. The van der Waals surface area contributed by atoms with Crippen LogP contribution in [0.25, 0.3) is 0 Å². The van der Waals surface area contributed by atoms with E-state index < -0.39 is 0 Å². The van der Waals surface area contributed by atoms with Gasteiger partial charge in [0, 0.05) is 10.5 Å². The number of amides is 1. The molecule has 144 valence electrons. The van der Waals surface area contributed by atoms with Crippen molar-refractivity contribution in [3.05, 3.63) is 0 Å². The zero-order chi connectivity index (χ0) is 17.9. The minimum Gasteiger partial charge on any atom is -0.453 e. The minimum absolute atomic E-state index is 0.316. The number of halogens is 1. The van der Waals surface area contributed by atoms with Gasteiger partial charge in [0.15, 0.2) is 0 Å². The summed E-state index contributed by atoms with van der Waals surface area (Å²) in [6.45, 7) is 3.02. The SMILES string of the molecule is CCCCCCCCCC(I)CCCCCCCCNC(=O)OC. The van der Waals surface area contributed by atoms with Crippen molar-refractivity contribution in [1.29, 1.82) is 0 Å². The zero-order valence-corrected chi connectivity index (χ0v) is 18.2. The third kappa shape index (κ3) is 18.3. The fourth-order valence-electron chi connectivity index (χ4n) is 2.93. The van der Waals surface area contributed by atoms with Crippen LogP contribution in [0.15, 0.2) is 0 Å². The molecule has 0 aliphatic heterocycles. The van der Waals surface area contributed by atoms with Crippen LogP contribution in [0.3, 0.4) is 0 Å². The third-order valence-corrected chi connectivity index (χ3v) is 5.77. The van der Waals surface area contributed by atoms with Crippen LogP contribution < -0.4 is 5.32 Å². The summed E-state index contributed by atoms with van der Waals surface area (Å²) in [4.78, 5) is 10.9. The zero-order valence-electron chi connectivity index (χ0n) is 16.1. The maximum absolute atomic E-state index is 10.9. The topological polar surface area (TPSA) is 38.3 Å². The molecule has 0 bridgehead atoms. The molecule has 0 saturated heterocycles. The first-order valence-corrected chi connectivity index (χ1v) is 11.4. The molecule has 0 aromatic carbocycles. The fourth-order valence-corrected chi connectivity index (χ4v) is 3.81. The minimum atomic E-state index is -0.316. The van der Waals surface area contributed by atoms with Gasteiger partial charge in [-0.2, -0.15) is 0 Å². The Hall–Kier alpha value is 0. The van der Waals surface area contributed by atoms with Gasteiger partial charge in [0.05, 0.1) is 7.11 Å². The molecule has 1 amide bonds. The van der Waals surface area contributed by atoms with Crippen molar-refractivity contribution in [2.45, 2.75) is 107 Å². The van der Waals surface area contributed by atoms with Gasteiger partial charge in [-0.3, -0.25) is 0 Å². The van der Waals surface area contributed by atoms with Gasteiger partial charge in [-0.25, -0.2) is 4.79 Å². The van der Waals surface area contributed by atoms with Crippen LogP contribution in [-0.2, 0) is 4.74 Å². The summed E-state index contributed by atoms with van der Waals surface area (Å²) in [6.07, 6.45) is 20.0. The summed E-state index contributed by atoms with van der Waals surface area (Å²) in [6, 6.07) is 0. The first-order valence-electron chi connectivity index (χ1n) is 10.2. The lowest BCUT2D eigenvalue weighted by Crippen LogP contribution is -2.23. The molecule has 3 nitrogen and oxygen atoms in total. The predicted molar refractivity (Wildman–Crippen MR) is 113 cm³/mol. The molecule has 1 unspecified atom stereocenters. The van der Waals surface area contributed by atoms with Gasteiger partial charge in [0.1, 0.15) is 0 Å². The number of carbonyl (C=O) groups is 1. The van der Waals surface area contributed by atoms with Crippen molar-refractivity contribution < 1.29 is 9.53 Å². The molecule has 4 heteroatoms. The smallest absolute Gasteiger partial charge is 0.406 e. The number of hydrogen-bond acceptors (Lipinski definition) is 2. The van der Waals surface area contributed by atoms with Crippen molar-refractivity contribution >= 4 is 28.7 Å². The van der Waals surface area contributed by atoms with Crippen LogP contribution in [0.4, 0.5) is 4.79 Å². The number of nitrogens with one attached hydrogen (secondary N) is 1. The van der Waals surface area contributed by atoms with Crippen LogP contribution in [0.2, 0.25) is 0 Å². The van der Waals surface area contributed by atoms with Crippen LogP contribution in [-0.4, -0.2) is 23.7 Å². The van der Waals surface area contributed by atoms with Gasteiger partial charge in [0.2, 0.25) is 0 Å². The highest BCUT2D eigenvalue weighted by Gasteiger charge is 2.03. The van der Waals surface area contributed by atoms with Crippen molar-refractivity contribution in [3.63, 3.8) is 0 Å².